The third-order valence-corrected chi connectivity index (χ3v) is 3.43. The van der Waals surface area contributed by atoms with Gasteiger partial charge in [0.25, 0.3) is 0 Å². The largest absolute Gasteiger partial charge is 0.320 e. The fraction of sp³-hybridized carbons (Fsp3) is 0.571. The predicted octanol–water partition coefficient (Wildman–Crippen LogP) is 2.57. The second kappa shape index (κ2) is 5.98. The van der Waals surface area contributed by atoms with Gasteiger partial charge in [-0.3, -0.25) is 4.68 Å². The SMILES string of the molecule is CCc1nnc(Nc2c(C)nn(CC)c2C)nc1CC. The van der Waals surface area contributed by atoms with Crippen LogP contribution in [0.3, 0.4) is 0 Å². The highest BCUT2D eigenvalue weighted by molar-refractivity contribution is 5.59. The van der Waals surface area contributed by atoms with Gasteiger partial charge in [0.2, 0.25) is 5.95 Å². The van der Waals surface area contributed by atoms with E-state index in [2.05, 4.69) is 46.4 Å². The number of hydrogen-bond donors (Lipinski definition) is 1. The average molecular weight is 274 g/mol. The quantitative estimate of drug-likeness (QED) is 0.907. The van der Waals surface area contributed by atoms with Crippen LogP contribution in [0.15, 0.2) is 0 Å². The molecule has 0 saturated carbocycles. The van der Waals surface area contributed by atoms with Crippen molar-refractivity contribution in [1.82, 2.24) is 25.0 Å². The number of nitrogens with zero attached hydrogens (tertiary/aromatic N) is 5. The normalized spacial score (nSPS) is 10.8. The number of aromatic nitrogens is 5. The summed E-state index contributed by atoms with van der Waals surface area (Å²) in [5.74, 6) is 0.543. The smallest absolute Gasteiger partial charge is 0.247 e. The van der Waals surface area contributed by atoms with E-state index in [0.717, 1.165) is 47.8 Å². The number of aryl methyl sites for hydroxylation is 4. The number of rotatable bonds is 5. The van der Waals surface area contributed by atoms with E-state index < -0.39 is 0 Å². The number of anilines is 2. The van der Waals surface area contributed by atoms with Crippen molar-refractivity contribution in [1.29, 1.82) is 0 Å². The first kappa shape index (κ1) is 14.4. The van der Waals surface area contributed by atoms with Crippen LogP contribution in [-0.2, 0) is 19.4 Å². The minimum absolute atomic E-state index is 0.543. The summed E-state index contributed by atoms with van der Waals surface area (Å²) < 4.78 is 1.96. The minimum Gasteiger partial charge on any atom is -0.320 e. The second-order valence-corrected chi connectivity index (χ2v) is 4.72. The van der Waals surface area contributed by atoms with Crippen molar-refractivity contribution in [3.63, 3.8) is 0 Å². The molecule has 2 rings (SSSR count). The lowest BCUT2D eigenvalue weighted by Crippen LogP contribution is -2.07. The van der Waals surface area contributed by atoms with Crippen molar-refractivity contribution >= 4 is 11.6 Å². The van der Waals surface area contributed by atoms with Gasteiger partial charge >= 0.3 is 0 Å². The van der Waals surface area contributed by atoms with E-state index in [1.165, 1.54) is 0 Å². The third-order valence-electron chi connectivity index (χ3n) is 3.43. The molecule has 108 valence electrons. The maximum absolute atomic E-state index is 4.55. The average Bonchev–Trinajstić information content (AvgIpc) is 2.74. The molecule has 0 fully saturated rings. The molecule has 0 amide bonds. The molecule has 1 N–H and O–H groups in total. The summed E-state index contributed by atoms with van der Waals surface area (Å²) in [5, 5.41) is 16.1. The van der Waals surface area contributed by atoms with Crippen molar-refractivity contribution in [2.45, 2.75) is 54.0 Å². The van der Waals surface area contributed by atoms with Gasteiger partial charge in [-0.2, -0.15) is 5.10 Å². The van der Waals surface area contributed by atoms with Crippen LogP contribution in [0.1, 0.15) is 43.5 Å². The Hall–Kier alpha value is -1.98. The first-order valence-corrected chi connectivity index (χ1v) is 7.14. The van der Waals surface area contributed by atoms with Crippen LogP contribution in [0.5, 0.6) is 0 Å². The highest BCUT2D eigenvalue weighted by atomic mass is 15.3. The summed E-state index contributed by atoms with van der Waals surface area (Å²) in [5.41, 5.74) is 4.98. The van der Waals surface area contributed by atoms with Gasteiger partial charge < -0.3 is 5.32 Å². The second-order valence-electron chi connectivity index (χ2n) is 4.72. The van der Waals surface area contributed by atoms with Gasteiger partial charge in [0, 0.05) is 6.54 Å². The summed E-state index contributed by atoms with van der Waals surface area (Å²) in [6.45, 7) is 11.1. The number of hydrogen-bond acceptors (Lipinski definition) is 5. The molecule has 0 radical (unpaired) electrons. The summed E-state index contributed by atoms with van der Waals surface area (Å²) in [6, 6.07) is 0. The van der Waals surface area contributed by atoms with Crippen LogP contribution >= 0.6 is 0 Å². The molecule has 6 nitrogen and oxygen atoms in total. The third kappa shape index (κ3) is 2.64. The van der Waals surface area contributed by atoms with Crippen molar-refractivity contribution in [3.05, 3.63) is 22.8 Å². The zero-order valence-electron chi connectivity index (χ0n) is 12.9. The van der Waals surface area contributed by atoms with Gasteiger partial charge in [-0.15, -0.1) is 10.2 Å². The van der Waals surface area contributed by atoms with Gasteiger partial charge in [-0.25, -0.2) is 4.98 Å². The van der Waals surface area contributed by atoms with E-state index in [0.29, 0.717) is 5.95 Å². The maximum Gasteiger partial charge on any atom is 0.247 e. The van der Waals surface area contributed by atoms with E-state index in [4.69, 9.17) is 0 Å². The lowest BCUT2D eigenvalue weighted by Gasteiger charge is -2.08. The van der Waals surface area contributed by atoms with Gasteiger partial charge in [-0.1, -0.05) is 13.8 Å². The molecular weight excluding hydrogens is 252 g/mol. The molecule has 0 aliphatic heterocycles. The van der Waals surface area contributed by atoms with Crippen LogP contribution < -0.4 is 5.32 Å². The minimum atomic E-state index is 0.543. The first-order valence-electron chi connectivity index (χ1n) is 7.14. The molecule has 0 aromatic carbocycles. The monoisotopic (exact) mass is 274 g/mol. The Kier molecular flexibility index (Phi) is 4.32. The molecule has 0 unspecified atom stereocenters. The molecule has 2 aromatic heterocycles. The Labute approximate surface area is 119 Å². The Bertz CT molecular complexity index is 602. The summed E-state index contributed by atoms with van der Waals surface area (Å²) in [7, 11) is 0. The predicted molar refractivity (Wildman–Crippen MR) is 79.2 cm³/mol. The molecule has 2 aromatic rings. The van der Waals surface area contributed by atoms with E-state index in [-0.39, 0.29) is 0 Å². The van der Waals surface area contributed by atoms with Crippen LogP contribution in [0.4, 0.5) is 11.6 Å². The fourth-order valence-electron chi connectivity index (χ4n) is 2.29. The van der Waals surface area contributed by atoms with E-state index in [1.54, 1.807) is 0 Å². The Balaban J connectivity index is 2.33. The van der Waals surface area contributed by atoms with E-state index in [1.807, 2.05) is 18.5 Å². The zero-order valence-corrected chi connectivity index (χ0v) is 12.9. The van der Waals surface area contributed by atoms with Crippen molar-refractivity contribution in [2.24, 2.45) is 0 Å². The summed E-state index contributed by atoms with van der Waals surface area (Å²) in [6.07, 6.45) is 1.72. The summed E-state index contributed by atoms with van der Waals surface area (Å²) >= 11 is 0. The number of nitrogens with one attached hydrogen (secondary N) is 1. The molecular formula is C14H22N6. The van der Waals surface area contributed by atoms with Crippen LogP contribution in [0.2, 0.25) is 0 Å². The molecule has 6 heteroatoms. The van der Waals surface area contributed by atoms with Gasteiger partial charge in [0.05, 0.1) is 28.5 Å². The molecule has 0 aliphatic rings. The van der Waals surface area contributed by atoms with Gasteiger partial charge in [0.15, 0.2) is 0 Å². The Morgan fingerprint density at radius 3 is 2.25 bits per heavy atom. The highest BCUT2D eigenvalue weighted by Crippen LogP contribution is 2.22. The Morgan fingerprint density at radius 2 is 1.70 bits per heavy atom. The van der Waals surface area contributed by atoms with Crippen LogP contribution in [0, 0.1) is 13.8 Å². The molecule has 20 heavy (non-hydrogen) atoms. The van der Waals surface area contributed by atoms with Crippen LogP contribution in [-0.4, -0.2) is 25.0 Å². The van der Waals surface area contributed by atoms with Crippen molar-refractivity contribution in [2.75, 3.05) is 5.32 Å². The molecule has 0 saturated heterocycles. The molecule has 0 aliphatic carbocycles. The van der Waals surface area contributed by atoms with Crippen molar-refractivity contribution < 1.29 is 0 Å². The van der Waals surface area contributed by atoms with Crippen LogP contribution in [0.25, 0.3) is 0 Å². The fourth-order valence-corrected chi connectivity index (χ4v) is 2.29. The lowest BCUT2D eigenvalue weighted by molar-refractivity contribution is 0.634. The molecule has 0 bridgehead atoms. The highest BCUT2D eigenvalue weighted by Gasteiger charge is 2.13. The van der Waals surface area contributed by atoms with E-state index in [9.17, 15) is 0 Å². The molecule has 0 spiro atoms. The standard InChI is InChI=1S/C14H22N6/c1-6-11-12(7-2)17-18-14(15-11)16-13-9(4)19-20(8-3)10(13)5/h6-8H2,1-5H3,(H,15,16,18). The zero-order chi connectivity index (χ0) is 14.7. The summed E-state index contributed by atoms with van der Waals surface area (Å²) in [4.78, 5) is 4.55. The maximum atomic E-state index is 4.55. The molecule has 2 heterocycles. The lowest BCUT2D eigenvalue weighted by atomic mass is 10.2. The van der Waals surface area contributed by atoms with Gasteiger partial charge in [0.1, 0.15) is 0 Å². The molecule has 0 atom stereocenters. The van der Waals surface area contributed by atoms with Crippen molar-refractivity contribution in [3.8, 4) is 0 Å². The van der Waals surface area contributed by atoms with Gasteiger partial charge in [-0.05, 0) is 33.6 Å². The van der Waals surface area contributed by atoms with E-state index >= 15 is 0 Å². The Morgan fingerprint density at radius 1 is 1.00 bits per heavy atom. The topological polar surface area (TPSA) is 68.5 Å². The first-order chi connectivity index (χ1) is 9.60.